The Labute approximate surface area is 144 Å². The molecule has 0 spiro atoms. The predicted molar refractivity (Wildman–Crippen MR) is 94.7 cm³/mol. The smallest absolute Gasteiger partial charge is 0.276 e. The monoisotopic (exact) mass is 337 g/mol. The Morgan fingerprint density at radius 3 is 2.88 bits per heavy atom. The molecule has 1 aliphatic rings. The molecule has 1 aliphatic heterocycles. The minimum absolute atomic E-state index is 0.197. The van der Waals surface area contributed by atoms with Crippen LogP contribution in [0.25, 0.3) is 11.0 Å². The second kappa shape index (κ2) is 6.16. The fourth-order valence-electron chi connectivity index (χ4n) is 3.25. The van der Waals surface area contributed by atoms with E-state index in [0.717, 1.165) is 34.5 Å². The number of aryl methyl sites for hydroxylation is 3. The topological polar surface area (TPSA) is 81.8 Å². The quantitative estimate of drug-likeness (QED) is 0.776. The van der Waals surface area contributed by atoms with E-state index in [1.165, 1.54) is 38.4 Å². The van der Waals surface area contributed by atoms with Gasteiger partial charge in [-0.15, -0.1) is 0 Å². The van der Waals surface area contributed by atoms with Gasteiger partial charge < -0.3 is 9.88 Å². The van der Waals surface area contributed by atoms with E-state index < -0.39 is 0 Å². The number of aromatic nitrogens is 4. The Morgan fingerprint density at radius 1 is 1.16 bits per heavy atom. The van der Waals surface area contributed by atoms with Gasteiger partial charge in [0.2, 0.25) is 0 Å². The van der Waals surface area contributed by atoms with E-state index in [1.807, 2.05) is 18.2 Å². The van der Waals surface area contributed by atoms with Crippen molar-refractivity contribution in [3.63, 3.8) is 0 Å². The largest absolute Gasteiger partial charge is 0.328 e. The highest BCUT2D eigenvalue weighted by molar-refractivity contribution is 6.03. The van der Waals surface area contributed by atoms with Gasteiger partial charge in [0.1, 0.15) is 11.5 Å². The molecule has 7 nitrogen and oxygen atoms in total. The molecule has 1 amide bonds. The lowest BCUT2D eigenvalue weighted by Gasteiger charge is -2.07. The molecule has 0 atom stereocenters. The second-order valence-corrected chi connectivity index (χ2v) is 6.33. The molecular formula is C18H19N5O2. The normalized spacial score (nSPS) is 14.1. The van der Waals surface area contributed by atoms with E-state index in [2.05, 4.69) is 15.0 Å². The summed E-state index contributed by atoms with van der Waals surface area (Å²) >= 11 is 0. The molecule has 1 aromatic carbocycles. The first-order valence-corrected chi connectivity index (χ1v) is 8.47. The molecule has 2 aromatic heterocycles. The van der Waals surface area contributed by atoms with Crippen LogP contribution in [0.2, 0.25) is 0 Å². The lowest BCUT2D eigenvalue weighted by atomic mass is 10.2. The van der Waals surface area contributed by atoms with Crippen molar-refractivity contribution < 1.29 is 4.79 Å². The van der Waals surface area contributed by atoms with E-state index in [0.29, 0.717) is 5.69 Å². The van der Waals surface area contributed by atoms with Gasteiger partial charge in [-0.05, 0) is 37.1 Å². The van der Waals surface area contributed by atoms with Gasteiger partial charge in [0.15, 0.2) is 0 Å². The number of imidazole rings is 1. The summed E-state index contributed by atoms with van der Waals surface area (Å²) < 4.78 is 3.42. The van der Waals surface area contributed by atoms with Crippen molar-refractivity contribution in [3.8, 4) is 0 Å². The summed E-state index contributed by atoms with van der Waals surface area (Å²) in [7, 11) is 1.52. The van der Waals surface area contributed by atoms with Gasteiger partial charge in [-0.3, -0.25) is 9.59 Å². The average molecular weight is 337 g/mol. The molecule has 0 saturated carbocycles. The minimum atomic E-state index is -0.351. The third kappa shape index (κ3) is 2.93. The summed E-state index contributed by atoms with van der Waals surface area (Å²) in [6, 6.07) is 8.52. The van der Waals surface area contributed by atoms with Gasteiger partial charge in [0.05, 0.1) is 11.0 Å². The van der Waals surface area contributed by atoms with Gasteiger partial charge in [-0.1, -0.05) is 6.42 Å². The molecule has 0 radical (unpaired) electrons. The van der Waals surface area contributed by atoms with E-state index in [-0.39, 0.29) is 17.2 Å². The maximum absolute atomic E-state index is 12.3. The molecule has 0 bridgehead atoms. The first-order chi connectivity index (χ1) is 12.1. The minimum Gasteiger partial charge on any atom is -0.328 e. The predicted octanol–water partition coefficient (Wildman–Crippen LogP) is 2.11. The molecule has 0 fully saturated rings. The molecule has 25 heavy (non-hydrogen) atoms. The number of fused-ring (bicyclic) bond motifs is 3. The number of amides is 1. The van der Waals surface area contributed by atoms with Crippen LogP contribution in [0.1, 0.15) is 35.6 Å². The summed E-state index contributed by atoms with van der Waals surface area (Å²) in [4.78, 5) is 28.4. The summed E-state index contributed by atoms with van der Waals surface area (Å²) in [5.41, 5.74) is 2.61. The molecule has 3 heterocycles. The number of hydrogen-bond donors (Lipinski definition) is 1. The maximum atomic E-state index is 12.3. The number of anilines is 1. The van der Waals surface area contributed by atoms with Gasteiger partial charge in [-0.25, -0.2) is 9.67 Å². The molecule has 128 valence electrons. The molecule has 0 aliphatic carbocycles. The molecular weight excluding hydrogens is 318 g/mol. The number of nitrogens with one attached hydrogen (secondary N) is 1. The van der Waals surface area contributed by atoms with Crippen LogP contribution < -0.4 is 10.9 Å². The number of hydrogen-bond acceptors (Lipinski definition) is 4. The zero-order chi connectivity index (χ0) is 17.4. The van der Waals surface area contributed by atoms with Crippen LogP contribution in [-0.4, -0.2) is 25.2 Å². The molecule has 3 aromatic rings. The van der Waals surface area contributed by atoms with E-state index in [4.69, 9.17) is 4.98 Å². The number of carbonyl (C=O) groups is 1. The van der Waals surface area contributed by atoms with Crippen molar-refractivity contribution in [2.24, 2.45) is 7.05 Å². The van der Waals surface area contributed by atoms with Crippen molar-refractivity contribution in [1.82, 2.24) is 19.3 Å². The van der Waals surface area contributed by atoms with E-state index >= 15 is 0 Å². The molecule has 0 saturated heterocycles. The Kier molecular flexibility index (Phi) is 3.83. The average Bonchev–Trinajstić information content (AvgIpc) is 2.77. The first-order valence-electron chi connectivity index (χ1n) is 8.47. The van der Waals surface area contributed by atoms with Crippen molar-refractivity contribution in [3.05, 3.63) is 52.2 Å². The summed E-state index contributed by atoms with van der Waals surface area (Å²) in [6.45, 7) is 1.000. The number of rotatable bonds is 2. The molecule has 1 N–H and O–H groups in total. The van der Waals surface area contributed by atoms with Crippen LogP contribution in [0.4, 0.5) is 5.69 Å². The fraction of sp³-hybridized carbons (Fsp3) is 0.333. The van der Waals surface area contributed by atoms with Crippen LogP contribution in [0.15, 0.2) is 35.1 Å². The second-order valence-electron chi connectivity index (χ2n) is 6.33. The van der Waals surface area contributed by atoms with Crippen molar-refractivity contribution >= 4 is 22.6 Å². The van der Waals surface area contributed by atoms with Crippen LogP contribution in [-0.2, 0) is 20.0 Å². The summed E-state index contributed by atoms with van der Waals surface area (Å²) in [6.07, 6.45) is 4.59. The maximum Gasteiger partial charge on any atom is 0.276 e. The molecule has 0 unspecified atom stereocenters. The van der Waals surface area contributed by atoms with E-state index in [1.54, 1.807) is 0 Å². The van der Waals surface area contributed by atoms with Crippen molar-refractivity contribution in [2.75, 3.05) is 5.32 Å². The van der Waals surface area contributed by atoms with Crippen LogP contribution in [0, 0.1) is 0 Å². The highest BCUT2D eigenvalue weighted by atomic mass is 16.2. The van der Waals surface area contributed by atoms with Gasteiger partial charge in [0, 0.05) is 31.8 Å². The zero-order valence-electron chi connectivity index (χ0n) is 14.0. The van der Waals surface area contributed by atoms with Crippen LogP contribution >= 0.6 is 0 Å². The zero-order valence-corrected chi connectivity index (χ0v) is 14.0. The Hall–Kier alpha value is -2.96. The summed E-state index contributed by atoms with van der Waals surface area (Å²) in [5.74, 6) is 0.770. The van der Waals surface area contributed by atoms with Crippen LogP contribution in [0.5, 0.6) is 0 Å². The lowest BCUT2D eigenvalue weighted by Crippen LogP contribution is -2.23. The van der Waals surface area contributed by atoms with Gasteiger partial charge in [-0.2, -0.15) is 5.10 Å². The van der Waals surface area contributed by atoms with Crippen molar-refractivity contribution in [1.29, 1.82) is 0 Å². The SMILES string of the molecule is Cn1nc(C(=O)Nc2ccc3c(c2)nc2n3CCCCC2)ccc1=O. The molecule has 7 heteroatoms. The Balaban J connectivity index is 1.62. The summed E-state index contributed by atoms with van der Waals surface area (Å²) in [5, 5.41) is 6.79. The first kappa shape index (κ1) is 15.6. The number of benzene rings is 1. The lowest BCUT2D eigenvalue weighted by molar-refractivity contribution is 0.102. The molecule has 4 rings (SSSR count). The third-order valence-corrected chi connectivity index (χ3v) is 4.56. The fourth-order valence-corrected chi connectivity index (χ4v) is 3.25. The highest BCUT2D eigenvalue weighted by Crippen LogP contribution is 2.24. The standard InChI is InChI=1S/C18H19N5O2/c1-22-17(24)9-7-13(21-22)18(25)19-12-6-8-15-14(11-12)20-16-5-3-2-4-10-23(15)16/h6-9,11H,2-5,10H2,1H3,(H,19,25). The van der Waals surface area contributed by atoms with E-state index in [9.17, 15) is 9.59 Å². The van der Waals surface area contributed by atoms with Crippen LogP contribution in [0.3, 0.4) is 0 Å². The van der Waals surface area contributed by atoms with Gasteiger partial charge >= 0.3 is 0 Å². The Bertz CT molecular complexity index is 1020. The highest BCUT2D eigenvalue weighted by Gasteiger charge is 2.15. The third-order valence-electron chi connectivity index (χ3n) is 4.56. The van der Waals surface area contributed by atoms with Crippen molar-refractivity contribution in [2.45, 2.75) is 32.2 Å². The number of nitrogens with zero attached hydrogens (tertiary/aromatic N) is 4. The number of carbonyl (C=O) groups excluding carboxylic acids is 1. The Morgan fingerprint density at radius 2 is 2.04 bits per heavy atom. The van der Waals surface area contributed by atoms with Gasteiger partial charge in [0.25, 0.3) is 11.5 Å².